The highest BCUT2D eigenvalue weighted by molar-refractivity contribution is 9.09. The molecule has 0 saturated heterocycles. The summed E-state index contributed by atoms with van der Waals surface area (Å²) < 4.78 is 0. The molecule has 0 unspecified atom stereocenters. The zero-order valence-corrected chi connectivity index (χ0v) is 9.36. The predicted octanol–water partition coefficient (Wildman–Crippen LogP) is 3.59. The third-order valence-electron chi connectivity index (χ3n) is 1.57. The normalized spacial score (nSPS) is 17.3. The van der Waals surface area contributed by atoms with Crippen LogP contribution in [0.2, 0.25) is 0 Å². The van der Waals surface area contributed by atoms with Crippen LogP contribution in [0.25, 0.3) is 0 Å². The van der Waals surface area contributed by atoms with Crippen molar-refractivity contribution in [3.05, 3.63) is 35.5 Å². The van der Waals surface area contributed by atoms with Crippen molar-refractivity contribution in [2.45, 2.75) is 6.42 Å². The van der Waals surface area contributed by atoms with E-state index in [1.54, 1.807) is 0 Å². The van der Waals surface area contributed by atoms with Crippen molar-refractivity contribution in [2.75, 3.05) is 10.7 Å². The second-order valence-corrected chi connectivity index (χ2v) is 3.60. The lowest BCUT2D eigenvalue weighted by molar-refractivity contribution is 1.14. The Morgan fingerprint density at radius 2 is 1.45 bits per heavy atom. The van der Waals surface area contributed by atoms with Gasteiger partial charge in [0.2, 0.25) is 0 Å². The first-order valence-corrected chi connectivity index (χ1v) is 5.77. The molecule has 0 spiro atoms. The molecule has 0 aromatic heterocycles. The minimum absolute atomic E-state index is 0.974. The highest BCUT2D eigenvalue weighted by atomic mass is 79.9. The van der Waals surface area contributed by atoms with Gasteiger partial charge in [-0.2, -0.15) is 0 Å². The number of rotatable bonds is 2. The van der Waals surface area contributed by atoms with Gasteiger partial charge in [-0.3, -0.25) is 0 Å². The highest BCUT2D eigenvalue weighted by Crippen LogP contribution is 2.17. The van der Waals surface area contributed by atoms with E-state index in [0.717, 1.165) is 17.1 Å². The third-order valence-corrected chi connectivity index (χ3v) is 3.01. The quantitative estimate of drug-likeness (QED) is 0.677. The molecule has 1 aliphatic carbocycles. The molecule has 60 valence electrons. The fourth-order valence-electron chi connectivity index (χ4n) is 0.976. The van der Waals surface area contributed by atoms with Crippen LogP contribution in [0.5, 0.6) is 0 Å². The van der Waals surface area contributed by atoms with Gasteiger partial charge in [-0.05, 0) is 6.42 Å². The summed E-state index contributed by atoms with van der Waals surface area (Å²) in [4.78, 5) is 0. The molecule has 0 N–H and O–H groups in total. The molecule has 2 heteroatoms. The van der Waals surface area contributed by atoms with E-state index in [9.17, 15) is 0 Å². The SMILES string of the molecule is BrCC1=CC=CC=C(CBr)C1. The maximum Gasteiger partial charge on any atom is 0.0248 e. The van der Waals surface area contributed by atoms with Gasteiger partial charge >= 0.3 is 0 Å². The van der Waals surface area contributed by atoms with Crippen molar-refractivity contribution in [3.63, 3.8) is 0 Å². The summed E-state index contributed by atoms with van der Waals surface area (Å²) in [5.74, 6) is 0. The van der Waals surface area contributed by atoms with Crippen LogP contribution in [0.15, 0.2) is 35.5 Å². The van der Waals surface area contributed by atoms with E-state index in [4.69, 9.17) is 0 Å². The fourth-order valence-corrected chi connectivity index (χ4v) is 1.75. The van der Waals surface area contributed by atoms with Crippen molar-refractivity contribution >= 4 is 31.9 Å². The smallest absolute Gasteiger partial charge is 0.0248 e. The van der Waals surface area contributed by atoms with Crippen molar-refractivity contribution < 1.29 is 0 Å². The third kappa shape index (κ3) is 2.96. The van der Waals surface area contributed by atoms with Gasteiger partial charge < -0.3 is 0 Å². The van der Waals surface area contributed by atoms with Gasteiger partial charge in [0.15, 0.2) is 0 Å². The van der Waals surface area contributed by atoms with E-state index in [1.807, 2.05) is 0 Å². The van der Waals surface area contributed by atoms with Gasteiger partial charge in [-0.25, -0.2) is 0 Å². The predicted molar refractivity (Wildman–Crippen MR) is 57.5 cm³/mol. The zero-order chi connectivity index (χ0) is 8.10. The summed E-state index contributed by atoms with van der Waals surface area (Å²) >= 11 is 6.92. The Morgan fingerprint density at radius 1 is 1.00 bits per heavy atom. The van der Waals surface area contributed by atoms with E-state index >= 15 is 0 Å². The van der Waals surface area contributed by atoms with Gasteiger partial charge in [-0.1, -0.05) is 67.3 Å². The Labute approximate surface area is 84.3 Å². The summed E-state index contributed by atoms with van der Waals surface area (Å²) in [5, 5.41) is 1.95. The van der Waals surface area contributed by atoms with Crippen molar-refractivity contribution in [3.8, 4) is 0 Å². The average Bonchev–Trinajstić information content (AvgIpc) is 2.28. The lowest BCUT2D eigenvalue weighted by Crippen LogP contribution is -1.89. The fraction of sp³-hybridized carbons (Fsp3) is 0.333. The Bertz CT molecular complexity index is 190. The Morgan fingerprint density at radius 3 is 1.82 bits per heavy atom. The van der Waals surface area contributed by atoms with Crippen molar-refractivity contribution in [1.82, 2.24) is 0 Å². The Hall–Kier alpha value is 0.180. The number of hydrogen-bond donors (Lipinski definition) is 0. The molecular weight excluding hydrogens is 268 g/mol. The van der Waals surface area contributed by atoms with Crippen LogP contribution in [0, 0.1) is 0 Å². The van der Waals surface area contributed by atoms with Crippen LogP contribution in [0.4, 0.5) is 0 Å². The second-order valence-electron chi connectivity index (χ2n) is 2.48. The molecule has 1 rings (SSSR count). The van der Waals surface area contributed by atoms with Crippen molar-refractivity contribution in [1.29, 1.82) is 0 Å². The molecule has 11 heavy (non-hydrogen) atoms. The van der Waals surface area contributed by atoms with Gasteiger partial charge in [0.05, 0.1) is 0 Å². The van der Waals surface area contributed by atoms with Gasteiger partial charge in [-0.15, -0.1) is 0 Å². The molecule has 0 amide bonds. The molecule has 0 aliphatic heterocycles. The monoisotopic (exact) mass is 276 g/mol. The molecule has 0 bridgehead atoms. The van der Waals surface area contributed by atoms with Crippen LogP contribution in [-0.4, -0.2) is 10.7 Å². The molecule has 0 radical (unpaired) electrons. The summed E-state index contributed by atoms with van der Waals surface area (Å²) in [7, 11) is 0. The first-order chi connectivity index (χ1) is 5.36. The first kappa shape index (κ1) is 9.27. The molecule has 1 aliphatic rings. The van der Waals surface area contributed by atoms with Crippen LogP contribution in [0.1, 0.15) is 6.42 Å². The molecule has 0 aromatic carbocycles. The highest BCUT2D eigenvalue weighted by Gasteiger charge is 2.00. The minimum Gasteiger partial charge on any atom is -0.0880 e. The molecule has 0 heterocycles. The maximum atomic E-state index is 3.46. The van der Waals surface area contributed by atoms with Crippen LogP contribution >= 0.6 is 31.9 Å². The molecule has 0 fully saturated rings. The second kappa shape index (κ2) is 4.94. The van der Waals surface area contributed by atoms with E-state index in [0.29, 0.717) is 0 Å². The molecule has 0 atom stereocenters. The standard InChI is InChI=1S/C9H10Br2/c10-6-8-3-1-2-4-9(5-8)7-11/h1-4H,5-7H2. The zero-order valence-electron chi connectivity index (χ0n) is 6.19. The van der Waals surface area contributed by atoms with E-state index in [1.165, 1.54) is 11.1 Å². The number of halogens is 2. The van der Waals surface area contributed by atoms with E-state index in [-0.39, 0.29) is 0 Å². The molecule has 0 nitrogen and oxygen atoms in total. The molecule has 0 aromatic rings. The lowest BCUT2D eigenvalue weighted by Gasteiger charge is -2.02. The number of hydrogen-bond acceptors (Lipinski definition) is 0. The van der Waals surface area contributed by atoms with Crippen LogP contribution in [0.3, 0.4) is 0 Å². The van der Waals surface area contributed by atoms with Crippen LogP contribution < -0.4 is 0 Å². The maximum absolute atomic E-state index is 3.46. The van der Waals surface area contributed by atoms with E-state index < -0.39 is 0 Å². The van der Waals surface area contributed by atoms with Gasteiger partial charge in [0, 0.05) is 10.7 Å². The Kier molecular flexibility index (Phi) is 4.16. The molecule has 0 saturated carbocycles. The summed E-state index contributed by atoms with van der Waals surface area (Å²) in [6.07, 6.45) is 9.60. The summed E-state index contributed by atoms with van der Waals surface area (Å²) in [6.45, 7) is 0. The first-order valence-electron chi connectivity index (χ1n) is 3.53. The number of allylic oxidation sites excluding steroid dienone is 6. The topological polar surface area (TPSA) is 0 Å². The van der Waals surface area contributed by atoms with Gasteiger partial charge in [0.1, 0.15) is 0 Å². The Balaban J connectivity index is 2.69. The summed E-state index contributed by atoms with van der Waals surface area (Å²) in [6, 6.07) is 0. The lowest BCUT2D eigenvalue weighted by atomic mass is 10.1. The number of alkyl halides is 2. The minimum atomic E-state index is 0.974. The molecular formula is C9H10Br2. The largest absolute Gasteiger partial charge is 0.0880 e. The average molecular weight is 278 g/mol. The van der Waals surface area contributed by atoms with Gasteiger partial charge in [0.25, 0.3) is 0 Å². The van der Waals surface area contributed by atoms with E-state index in [2.05, 4.69) is 56.2 Å². The summed E-state index contributed by atoms with van der Waals surface area (Å²) in [5.41, 5.74) is 2.87. The van der Waals surface area contributed by atoms with Crippen LogP contribution in [-0.2, 0) is 0 Å². The van der Waals surface area contributed by atoms with Crippen molar-refractivity contribution in [2.24, 2.45) is 0 Å².